The maximum atomic E-state index is 11.5. The summed E-state index contributed by atoms with van der Waals surface area (Å²) in [5, 5.41) is 21.3. The Morgan fingerprint density at radius 1 is 1.35 bits per heavy atom. The summed E-state index contributed by atoms with van der Waals surface area (Å²) in [4.78, 5) is 56.2. The molecule has 1 unspecified atom stereocenters. The molecule has 0 radical (unpaired) electrons. The lowest BCUT2D eigenvalue weighted by Crippen LogP contribution is -2.51. The number of likely N-dealkylation sites (N-methyl/N-ethyl adjacent to an activating group) is 1. The number of amides is 4. The van der Waals surface area contributed by atoms with Crippen molar-refractivity contribution in [1.82, 2.24) is 15.5 Å². The van der Waals surface area contributed by atoms with E-state index in [4.69, 9.17) is 10.2 Å². The van der Waals surface area contributed by atoms with Crippen LogP contribution in [0, 0.1) is 0 Å². The normalized spacial score (nSPS) is 19.6. The predicted octanol–water partition coefficient (Wildman–Crippen LogP) is -2.03. The lowest BCUT2D eigenvalue weighted by atomic mass is 10.2. The highest BCUT2D eigenvalue weighted by atomic mass is 16.4. The van der Waals surface area contributed by atoms with Gasteiger partial charge in [0, 0.05) is 7.05 Å². The van der Waals surface area contributed by atoms with Crippen molar-refractivity contribution in [2.75, 3.05) is 7.05 Å². The van der Waals surface area contributed by atoms with Gasteiger partial charge in [-0.3, -0.25) is 19.3 Å². The van der Waals surface area contributed by atoms with Gasteiger partial charge >= 0.3 is 18.0 Å². The van der Waals surface area contributed by atoms with E-state index in [-0.39, 0.29) is 6.42 Å². The van der Waals surface area contributed by atoms with Crippen LogP contribution in [0.15, 0.2) is 0 Å². The molecule has 0 spiro atoms. The number of hydrogen-bond donors (Lipinski definition) is 4. The molecular weight excluding hydrogens is 274 g/mol. The molecule has 0 saturated carbocycles. The molecule has 0 aromatic carbocycles. The van der Waals surface area contributed by atoms with Crippen LogP contribution in [-0.2, 0) is 19.2 Å². The lowest BCUT2D eigenvalue weighted by Gasteiger charge is -2.15. The summed E-state index contributed by atoms with van der Waals surface area (Å²) in [6.45, 7) is 0. The number of urea groups is 1. The Labute approximate surface area is 112 Å². The Balaban J connectivity index is 2.58. The van der Waals surface area contributed by atoms with E-state index in [0.717, 1.165) is 4.90 Å². The van der Waals surface area contributed by atoms with Gasteiger partial charge in [-0.05, 0) is 0 Å². The molecule has 1 fully saturated rings. The van der Waals surface area contributed by atoms with E-state index in [1.807, 2.05) is 5.32 Å². The highest BCUT2D eigenvalue weighted by Crippen LogP contribution is 2.10. The molecular formula is C10H13N3O7. The van der Waals surface area contributed by atoms with Crippen LogP contribution in [-0.4, -0.2) is 64.0 Å². The maximum Gasteiger partial charge on any atom is 0.326 e. The molecule has 1 heterocycles. The molecule has 1 aliphatic rings. The van der Waals surface area contributed by atoms with Gasteiger partial charge in [0.05, 0.1) is 12.8 Å². The first-order valence-corrected chi connectivity index (χ1v) is 5.54. The number of hydrogen-bond acceptors (Lipinski definition) is 5. The fourth-order valence-corrected chi connectivity index (χ4v) is 1.60. The molecule has 10 heteroatoms. The SMILES string of the molecule is CN1C(=O)CC(NC(=O)N[C@@H](CC(=O)O)C(=O)O)C1=O. The summed E-state index contributed by atoms with van der Waals surface area (Å²) in [5.74, 6) is -4.01. The summed E-state index contributed by atoms with van der Waals surface area (Å²) in [6.07, 6.45) is -1.03. The summed E-state index contributed by atoms with van der Waals surface area (Å²) >= 11 is 0. The van der Waals surface area contributed by atoms with E-state index in [9.17, 15) is 24.0 Å². The van der Waals surface area contributed by atoms with Crippen LogP contribution < -0.4 is 10.6 Å². The van der Waals surface area contributed by atoms with Crippen molar-refractivity contribution in [1.29, 1.82) is 0 Å². The molecule has 1 aliphatic heterocycles. The van der Waals surface area contributed by atoms with Crippen molar-refractivity contribution in [2.24, 2.45) is 0 Å². The lowest BCUT2D eigenvalue weighted by molar-refractivity contribution is -0.145. The Hall–Kier alpha value is -2.65. The van der Waals surface area contributed by atoms with Gasteiger partial charge in [0.25, 0.3) is 5.91 Å². The van der Waals surface area contributed by atoms with Gasteiger partial charge in [0.1, 0.15) is 12.1 Å². The van der Waals surface area contributed by atoms with Crippen molar-refractivity contribution in [3.8, 4) is 0 Å². The number of rotatable bonds is 5. The molecule has 20 heavy (non-hydrogen) atoms. The predicted molar refractivity (Wildman–Crippen MR) is 61.5 cm³/mol. The van der Waals surface area contributed by atoms with E-state index in [0.29, 0.717) is 0 Å². The molecule has 0 bridgehead atoms. The van der Waals surface area contributed by atoms with Crippen molar-refractivity contribution < 1.29 is 34.2 Å². The Kier molecular flexibility index (Phi) is 4.62. The minimum Gasteiger partial charge on any atom is -0.481 e. The first-order chi connectivity index (χ1) is 9.22. The van der Waals surface area contributed by atoms with Gasteiger partial charge in [-0.25, -0.2) is 9.59 Å². The minimum absolute atomic E-state index is 0.223. The van der Waals surface area contributed by atoms with Gasteiger partial charge in [-0.15, -0.1) is 0 Å². The van der Waals surface area contributed by atoms with Crippen LogP contribution >= 0.6 is 0 Å². The van der Waals surface area contributed by atoms with E-state index < -0.39 is 48.3 Å². The highest BCUT2D eigenvalue weighted by molar-refractivity contribution is 6.06. The zero-order valence-electron chi connectivity index (χ0n) is 10.5. The summed E-state index contributed by atoms with van der Waals surface area (Å²) in [7, 11) is 1.26. The van der Waals surface area contributed by atoms with Crippen LogP contribution in [0.3, 0.4) is 0 Å². The number of nitrogens with one attached hydrogen (secondary N) is 2. The molecule has 0 aliphatic carbocycles. The number of aliphatic carboxylic acids is 2. The van der Waals surface area contributed by atoms with E-state index in [1.54, 1.807) is 0 Å². The number of carboxylic acids is 2. The second-order valence-electron chi connectivity index (χ2n) is 4.15. The van der Waals surface area contributed by atoms with Gasteiger partial charge in [0.15, 0.2) is 0 Å². The van der Waals surface area contributed by atoms with E-state index >= 15 is 0 Å². The average Bonchev–Trinajstić information content (AvgIpc) is 2.55. The molecule has 0 aromatic heterocycles. The second kappa shape index (κ2) is 5.99. The number of carbonyl (C=O) groups is 5. The Morgan fingerprint density at radius 2 is 1.95 bits per heavy atom. The molecule has 4 amide bonds. The summed E-state index contributed by atoms with van der Waals surface area (Å²) in [6, 6.07) is -3.73. The summed E-state index contributed by atoms with van der Waals surface area (Å²) in [5.41, 5.74) is 0. The third kappa shape index (κ3) is 3.67. The van der Waals surface area contributed by atoms with Gasteiger partial charge in [-0.2, -0.15) is 0 Å². The van der Waals surface area contributed by atoms with Crippen molar-refractivity contribution >= 4 is 29.8 Å². The zero-order valence-corrected chi connectivity index (χ0v) is 10.5. The second-order valence-corrected chi connectivity index (χ2v) is 4.15. The number of carbonyl (C=O) groups excluding carboxylic acids is 3. The third-order valence-electron chi connectivity index (χ3n) is 2.67. The quantitative estimate of drug-likeness (QED) is 0.425. The molecule has 2 atom stereocenters. The molecule has 1 saturated heterocycles. The number of nitrogens with zero attached hydrogens (tertiary/aromatic N) is 1. The minimum atomic E-state index is -1.63. The largest absolute Gasteiger partial charge is 0.481 e. The van der Waals surface area contributed by atoms with Crippen LogP contribution in [0.25, 0.3) is 0 Å². The Bertz CT molecular complexity index is 467. The first-order valence-electron chi connectivity index (χ1n) is 5.54. The number of imide groups is 1. The molecule has 0 aromatic rings. The van der Waals surface area contributed by atoms with Gasteiger partial charge in [-0.1, -0.05) is 0 Å². The monoisotopic (exact) mass is 287 g/mol. The average molecular weight is 287 g/mol. The molecule has 4 N–H and O–H groups in total. The number of carboxylic acid groups (broad SMARTS) is 2. The standard InChI is InChI=1S/C10H13N3O7/c1-13-6(14)2-4(8(13)17)11-10(20)12-5(9(18)19)3-7(15)16/h4-5H,2-3H2,1H3,(H,15,16)(H,18,19)(H2,11,12,20)/t4?,5-/m0/s1. The molecule has 110 valence electrons. The fourth-order valence-electron chi connectivity index (χ4n) is 1.60. The van der Waals surface area contributed by atoms with Crippen LogP contribution in [0.4, 0.5) is 4.79 Å². The van der Waals surface area contributed by atoms with Gasteiger partial charge in [0.2, 0.25) is 5.91 Å². The maximum absolute atomic E-state index is 11.5. The van der Waals surface area contributed by atoms with Gasteiger partial charge < -0.3 is 20.8 Å². The zero-order chi connectivity index (χ0) is 15.4. The molecule has 10 nitrogen and oxygen atoms in total. The third-order valence-corrected chi connectivity index (χ3v) is 2.67. The smallest absolute Gasteiger partial charge is 0.326 e. The van der Waals surface area contributed by atoms with Crippen LogP contribution in [0.1, 0.15) is 12.8 Å². The van der Waals surface area contributed by atoms with Crippen molar-refractivity contribution in [2.45, 2.75) is 24.9 Å². The first kappa shape index (κ1) is 15.4. The van der Waals surface area contributed by atoms with Crippen molar-refractivity contribution in [3.63, 3.8) is 0 Å². The number of likely N-dealkylation sites (tertiary alicyclic amines) is 1. The van der Waals surface area contributed by atoms with E-state index in [1.165, 1.54) is 7.05 Å². The van der Waals surface area contributed by atoms with Crippen LogP contribution in [0.5, 0.6) is 0 Å². The Morgan fingerprint density at radius 3 is 2.35 bits per heavy atom. The van der Waals surface area contributed by atoms with Crippen LogP contribution in [0.2, 0.25) is 0 Å². The van der Waals surface area contributed by atoms with Crippen molar-refractivity contribution in [3.05, 3.63) is 0 Å². The molecule has 1 rings (SSSR count). The topological polar surface area (TPSA) is 153 Å². The fraction of sp³-hybridized carbons (Fsp3) is 0.500. The van der Waals surface area contributed by atoms with E-state index in [2.05, 4.69) is 5.32 Å². The highest BCUT2D eigenvalue weighted by Gasteiger charge is 2.37. The summed E-state index contributed by atoms with van der Waals surface area (Å²) < 4.78 is 0.